The maximum atomic E-state index is 12.5. The Morgan fingerprint density at radius 3 is 2.58 bits per heavy atom. The highest BCUT2D eigenvalue weighted by atomic mass is 32.2. The van der Waals surface area contributed by atoms with E-state index in [0.29, 0.717) is 12.1 Å². The van der Waals surface area contributed by atoms with Crippen molar-refractivity contribution >= 4 is 16.0 Å². The summed E-state index contributed by atoms with van der Waals surface area (Å²) >= 11 is 0. The van der Waals surface area contributed by atoms with Gasteiger partial charge in [-0.05, 0) is 36.6 Å². The van der Waals surface area contributed by atoms with Crippen molar-refractivity contribution < 1.29 is 8.42 Å². The van der Waals surface area contributed by atoms with Crippen LogP contribution in [0.1, 0.15) is 16.7 Å². The average molecular weight is 342 g/mol. The summed E-state index contributed by atoms with van der Waals surface area (Å²) in [4.78, 5) is 4.27. The molecule has 0 atom stereocenters. The first-order valence-electron chi connectivity index (χ1n) is 7.47. The molecule has 0 bridgehead atoms. The molecule has 124 valence electrons. The van der Waals surface area contributed by atoms with Crippen LogP contribution in [0.3, 0.4) is 0 Å². The van der Waals surface area contributed by atoms with Crippen molar-refractivity contribution in [3.05, 3.63) is 71.5 Å². The van der Waals surface area contributed by atoms with E-state index in [4.69, 9.17) is 0 Å². The third-order valence-corrected chi connectivity index (χ3v) is 5.05. The van der Waals surface area contributed by atoms with Crippen LogP contribution in [0.25, 0.3) is 0 Å². The van der Waals surface area contributed by atoms with Gasteiger partial charge in [0, 0.05) is 0 Å². The molecule has 0 spiro atoms. The molecule has 6 nitrogen and oxygen atoms in total. The van der Waals surface area contributed by atoms with Gasteiger partial charge in [0.05, 0.1) is 11.4 Å². The van der Waals surface area contributed by atoms with Gasteiger partial charge in [-0.25, -0.2) is 17.8 Å². The lowest BCUT2D eigenvalue weighted by Gasteiger charge is -2.08. The second kappa shape index (κ2) is 6.45. The number of rotatable bonds is 5. The molecule has 0 unspecified atom stereocenters. The molecule has 0 saturated heterocycles. The molecule has 0 radical (unpaired) electrons. The normalized spacial score (nSPS) is 11.4. The van der Waals surface area contributed by atoms with Gasteiger partial charge in [-0.15, -0.1) is 5.10 Å². The Kier molecular flexibility index (Phi) is 4.35. The van der Waals surface area contributed by atoms with Crippen LogP contribution in [0.5, 0.6) is 0 Å². The molecule has 0 amide bonds. The van der Waals surface area contributed by atoms with Crippen LogP contribution in [0.4, 0.5) is 5.95 Å². The van der Waals surface area contributed by atoms with Crippen molar-refractivity contribution in [1.82, 2.24) is 14.8 Å². The van der Waals surface area contributed by atoms with Gasteiger partial charge in [0.15, 0.2) is 0 Å². The molecule has 1 heterocycles. The van der Waals surface area contributed by atoms with Crippen LogP contribution in [0, 0.1) is 13.8 Å². The first-order chi connectivity index (χ1) is 11.4. The Morgan fingerprint density at radius 1 is 1.08 bits per heavy atom. The largest absolute Gasteiger partial charge is 0.264 e. The zero-order valence-corrected chi connectivity index (χ0v) is 14.3. The molecular weight excluding hydrogens is 324 g/mol. The van der Waals surface area contributed by atoms with E-state index in [-0.39, 0.29) is 10.8 Å². The molecule has 1 N–H and O–H groups in total. The van der Waals surface area contributed by atoms with Gasteiger partial charge in [-0.2, -0.15) is 4.98 Å². The number of aromatic nitrogens is 3. The van der Waals surface area contributed by atoms with Crippen LogP contribution in [0.15, 0.2) is 59.8 Å². The monoisotopic (exact) mass is 342 g/mol. The Hall–Kier alpha value is -2.67. The van der Waals surface area contributed by atoms with Gasteiger partial charge in [0.25, 0.3) is 16.0 Å². The smallest absolute Gasteiger partial charge is 0.246 e. The van der Waals surface area contributed by atoms with E-state index in [9.17, 15) is 8.42 Å². The number of hydrogen-bond donors (Lipinski definition) is 1. The van der Waals surface area contributed by atoms with Crippen LogP contribution in [0.2, 0.25) is 0 Å². The minimum absolute atomic E-state index is 0.0619. The summed E-state index contributed by atoms with van der Waals surface area (Å²) in [5, 5.41) is 4.18. The minimum atomic E-state index is -3.71. The minimum Gasteiger partial charge on any atom is -0.246 e. The molecule has 0 aliphatic rings. The van der Waals surface area contributed by atoms with Gasteiger partial charge in [-0.1, -0.05) is 42.5 Å². The highest BCUT2D eigenvalue weighted by Gasteiger charge is 2.19. The molecule has 2 aromatic carbocycles. The lowest BCUT2D eigenvalue weighted by atomic mass is 10.2. The number of hydrogen-bond acceptors (Lipinski definition) is 4. The molecule has 0 fully saturated rings. The summed E-state index contributed by atoms with van der Waals surface area (Å²) in [6.45, 7) is 4.14. The van der Waals surface area contributed by atoms with E-state index in [0.717, 1.165) is 11.1 Å². The van der Waals surface area contributed by atoms with Crippen molar-refractivity contribution in [1.29, 1.82) is 0 Å². The lowest BCUT2D eigenvalue weighted by molar-refractivity contribution is 0.600. The zero-order chi connectivity index (χ0) is 17.2. The zero-order valence-electron chi connectivity index (χ0n) is 13.5. The van der Waals surface area contributed by atoms with Crippen molar-refractivity contribution in [3.63, 3.8) is 0 Å². The first kappa shape index (κ1) is 16.2. The quantitative estimate of drug-likeness (QED) is 0.773. The highest BCUT2D eigenvalue weighted by molar-refractivity contribution is 7.92. The van der Waals surface area contributed by atoms with E-state index in [1.807, 2.05) is 43.3 Å². The maximum absolute atomic E-state index is 12.5. The third kappa shape index (κ3) is 3.62. The number of sulfonamides is 1. The fraction of sp³-hybridized carbons (Fsp3) is 0.176. The number of nitrogens with one attached hydrogen (secondary N) is 1. The standard InChI is InChI=1S/C17H18N4O2S/c1-13-8-9-14(2)16(10-13)24(22,23)20-17-18-12-21(19-17)11-15-6-4-3-5-7-15/h3-10,12H,11H2,1-2H3,(H,19,20). The van der Waals surface area contributed by atoms with E-state index in [2.05, 4.69) is 14.8 Å². The fourth-order valence-electron chi connectivity index (χ4n) is 2.36. The van der Waals surface area contributed by atoms with Gasteiger partial charge in [0.1, 0.15) is 6.33 Å². The Bertz CT molecular complexity index is 950. The second-order valence-corrected chi connectivity index (χ2v) is 7.28. The van der Waals surface area contributed by atoms with Crippen LogP contribution in [-0.4, -0.2) is 23.2 Å². The summed E-state index contributed by atoms with van der Waals surface area (Å²) in [5.74, 6) is 0.0619. The molecule has 24 heavy (non-hydrogen) atoms. The summed E-state index contributed by atoms with van der Waals surface area (Å²) in [6, 6.07) is 15.1. The predicted octanol–water partition coefficient (Wildman–Crippen LogP) is 2.74. The lowest BCUT2D eigenvalue weighted by Crippen LogP contribution is -2.15. The van der Waals surface area contributed by atoms with Crippen molar-refractivity contribution in [2.75, 3.05) is 4.72 Å². The number of anilines is 1. The number of aryl methyl sites for hydroxylation is 2. The predicted molar refractivity (Wildman–Crippen MR) is 92.3 cm³/mol. The van der Waals surface area contributed by atoms with E-state index in [1.54, 1.807) is 23.7 Å². The average Bonchev–Trinajstić information content (AvgIpc) is 2.97. The highest BCUT2D eigenvalue weighted by Crippen LogP contribution is 2.19. The molecule has 3 rings (SSSR count). The van der Waals surface area contributed by atoms with Crippen LogP contribution in [-0.2, 0) is 16.6 Å². The second-order valence-electron chi connectivity index (χ2n) is 5.63. The van der Waals surface area contributed by atoms with E-state index >= 15 is 0 Å². The topological polar surface area (TPSA) is 76.9 Å². The molecule has 0 aliphatic carbocycles. The molecule has 3 aromatic rings. The number of nitrogens with zero attached hydrogens (tertiary/aromatic N) is 3. The van der Waals surface area contributed by atoms with Crippen molar-refractivity contribution in [3.8, 4) is 0 Å². The summed E-state index contributed by atoms with van der Waals surface area (Å²) in [6.07, 6.45) is 1.51. The van der Waals surface area contributed by atoms with Gasteiger partial charge >= 0.3 is 0 Å². The Morgan fingerprint density at radius 2 is 1.83 bits per heavy atom. The molecule has 0 aliphatic heterocycles. The van der Waals surface area contributed by atoms with Crippen molar-refractivity contribution in [2.45, 2.75) is 25.3 Å². The summed E-state index contributed by atoms with van der Waals surface area (Å²) < 4.78 is 29.1. The summed E-state index contributed by atoms with van der Waals surface area (Å²) in [7, 11) is -3.71. The van der Waals surface area contributed by atoms with E-state index in [1.165, 1.54) is 6.33 Å². The van der Waals surface area contributed by atoms with Crippen LogP contribution < -0.4 is 4.72 Å². The molecule has 7 heteroatoms. The Balaban J connectivity index is 1.80. The number of benzene rings is 2. The first-order valence-corrected chi connectivity index (χ1v) is 8.96. The van der Waals surface area contributed by atoms with Crippen LogP contribution >= 0.6 is 0 Å². The third-order valence-electron chi connectivity index (χ3n) is 3.58. The van der Waals surface area contributed by atoms with Gasteiger partial charge in [0.2, 0.25) is 0 Å². The SMILES string of the molecule is Cc1ccc(C)c(S(=O)(=O)Nc2ncn(Cc3ccccc3)n2)c1. The maximum Gasteiger partial charge on any atom is 0.264 e. The fourth-order valence-corrected chi connectivity index (χ4v) is 3.64. The van der Waals surface area contributed by atoms with Gasteiger partial charge < -0.3 is 0 Å². The molecule has 1 aromatic heterocycles. The summed E-state index contributed by atoms with van der Waals surface area (Å²) in [5.41, 5.74) is 2.62. The van der Waals surface area contributed by atoms with E-state index < -0.39 is 10.0 Å². The molecule has 0 saturated carbocycles. The Labute approximate surface area is 141 Å². The van der Waals surface area contributed by atoms with Crippen molar-refractivity contribution in [2.24, 2.45) is 0 Å². The van der Waals surface area contributed by atoms with Gasteiger partial charge in [-0.3, -0.25) is 0 Å². The molecular formula is C17H18N4O2S.